The van der Waals surface area contributed by atoms with Gasteiger partial charge in [0.1, 0.15) is 0 Å². The van der Waals surface area contributed by atoms with E-state index in [-0.39, 0.29) is 5.41 Å². The van der Waals surface area contributed by atoms with Gasteiger partial charge in [-0.25, -0.2) is 0 Å². The van der Waals surface area contributed by atoms with Crippen LogP contribution >= 0.6 is 0 Å². The summed E-state index contributed by atoms with van der Waals surface area (Å²) in [6, 6.07) is 0. The van der Waals surface area contributed by atoms with Crippen molar-refractivity contribution in [1.82, 2.24) is 4.57 Å². The van der Waals surface area contributed by atoms with E-state index >= 15 is 0 Å². The van der Waals surface area contributed by atoms with Crippen molar-refractivity contribution in [2.24, 2.45) is 7.05 Å². The Morgan fingerprint density at radius 1 is 0.762 bits per heavy atom. The molecule has 1 aromatic carbocycles. The SMILES string of the molecule is CCC(C)(CC)c1c(C)c2c(C)c(C)c(C)c(C)c2n1C. The summed E-state index contributed by atoms with van der Waals surface area (Å²) in [4.78, 5) is 0. The quantitative estimate of drug-likeness (QED) is 0.672. The third-order valence-corrected chi connectivity index (χ3v) is 6.19. The summed E-state index contributed by atoms with van der Waals surface area (Å²) in [5, 5.41) is 1.49. The van der Waals surface area contributed by atoms with Gasteiger partial charge in [0.05, 0.1) is 5.52 Å². The first-order valence-electron chi connectivity index (χ1n) is 8.27. The summed E-state index contributed by atoms with van der Waals surface area (Å²) in [6.07, 6.45) is 2.37. The molecule has 1 nitrogen and oxygen atoms in total. The highest BCUT2D eigenvalue weighted by Crippen LogP contribution is 2.41. The van der Waals surface area contributed by atoms with Crippen molar-refractivity contribution in [3.8, 4) is 0 Å². The van der Waals surface area contributed by atoms with E-state index in [1.54, 1.807) is 0 Å². The predicted octanol–water partition coefficient (Wildman–Crippen LogP) is 5.80. The molecular formula is C20H31N. The Bertz CT molecular complexity index is 646. The molecular weight excluding hydrogens is 254 g/mol. The normalized spacial score (nSPS) is 12.4. The molecule has 0 fully saturated rings. The topological polar surface area (TPSA) is 4.93 Å². The number of hydrogen-bond donors (Lipinski definition) is 0. The number of fused-ring (bicyclic) bond motifs is 1. The Hall–Kier alpha value is -1.24. The van der Waals surface area contributed by atoms with Gasteiger partial charge >= 0.3 is 0 Å². The summed E-state index contributed by atoms with van der Waals surface area (Å²) in [6.45, 7) is 18.5. The van der Waals surface area contributed by atoms with Crippen LogP contribution in [0.5, 0.6) is 0 Å². The second-order valence-corrected chi connectivity index (χ2v) is 7.02. The minimum absolute atomic E-state index is 0.262. The molecule has 2 rings (SSSR count). The van der Waals surface area contributed by atoms with E-state index in [1.807, 2.05) is 0 Å². The van der Waals surface area contributed by atoms with Gasteiger partial charge < -0.3 is 4.57 Å². The predicted molar refractivity (Wildman–Crippen MR) is 94.5 cm³/mol. The van der Waals surface area contributed by atoms with Crippen molar-refractivity contribution in [3.05, 3.63) is 33.5 Å². The van der Waals surface area contributed by atoms with Crippen molar-refractivity contribution in [2.75, 3.05) is 0 Å². The van der Waals surface area contributed by atoms with Crippen LogP contribution in [0, 0.1) is 34.6 Å². The van der Waals surface area contributed by atoms with E-state index in [4.69, 9.17) is 0 Å². The fraction of sp³-hybridized carbons (Fsp3) is 0.600. The molecule has 0 spiro atoms. The fourth-order valence-corrected chi connectivity index (χ4v) is 4.10. The zero-order valence-electron chi connectivity index (χ0n) is 15.4. The molecule has 1 heterocycles. The van der Waals surface area contributed by atoms with E-state index in [9.17, 15) is 0 Å². The summed E-state index contributed by atoms with van der Waals surface area (Å²) in [5.41, 5.74) is 10.5. The van der Waals surface area contributed by atoms with E-state index in [0.717, 1.165) is 0 Å². The standard InChI is InChI=1S/C20H31N/c1-10-20(8,11-2)19-16(7)17-14(5)12(3)13(4)15(6)18(17)21(19)9/h10-11H2,1-9H3. The lowest BCUT2D eigenvalue weighted by atomic mass is 9.79. The molecule has 0 saturated heterocycles. The molecule has 1 heteroatoms. The van der Waals surface area contributed by atoms with Gasteiger partial charge in [0.15, 0.2) is 0 Å². The van der Waals surface area contributed by atoms with Crippen LogP contribution in [-0.2, 0) is 12.5 Å². The smallest absolute Gasteiger partial charge is 0.0518 e. The highest BCUT2D eigenvalue weighted by molar-refractivity contribution is 5.93. The number of aryl methyl sites for hydroxylation is 4. The first kappa shape index (κ1) is 16.1. The van der Waals surface area contributed by atoms with Gasteiger partial charge in [-0.05, 0) is 75.3 Å². The number of aromatic nitrogens is 1. The average molecular weight is 285 g/mol. The van der Waals surface area contributed by atoms with Gasteiger partial charge in [-0.3, -0.25) is 0 Å². The minimum Gasteiger partial charge on any atom is -0.347 e. The Kier molecular flexibility index (Phi) is 3.99. The van der Waals surface area contributed by atoms with E-state index in [2.05, 4.69) is 67.0 Å². The number of benzene rings is 1. The van der Waals surface area contributed by atoms with Crippen LogP contribution in [0.15, 0.2) is 0 Å². The van der Waals surface area contributed by atoms with Gasteiger partial charge in [-0.1, -0.05) is 20.8 Å². The molecule has 0 saturated carbocycles. The lowest BCUT2D eigenvalue weighted by Crippen LogP contribution is -2.24. The third kappa shape index (κ3) is 2.05. The highest BCUT2D eigenvalue weighted by atomic mass is 15.0. The minimum atomic E-state index is 0.262. The van der Waals surface area contributed by atoms with Gasteiger partial charge in [0, 0.05) is 23.5 Å². The zero-order chi connectivity index (χ0) is 16.1. The molecule has 2 aromatic rings. The Morgan fingerprint density at radius 3 is 1.71 bits per heavy atom. The van der Waals surface area contributed by atoms with E-state index in [1.165, 1.54) is 57.3 Å². The van der Waals surface area contributed by atoms with E-state index < -0.39 is 0 Å². The Labute approximate surface area is 130 Å². The maximum Gasteiger partial charge on any atom is 0.0518 e. The molecule has 0 aliphatic heterocycles. The molecule has 0 bridgehead atoms. The summed E-state index contributed by atoms with van der Waals surface area (Å²) < 4.78 is 2.48. The lowest BCUT2D eigenvalue weighted by molar-refractivity contribution is 0.413. The number of nitrogens with zero attached hydrogens (tertiary/aromatic N) is 1. The van der Waals surface area contributed by atoms with Gasteiger partial charge in [0.25, 0.3) is 0 Å². The van der Waals surface area contributed by atoms with Gasteiger partial charge in [-0.2, -0.15) is 0 Å². The Morgan fingerprint density at radius 2 is 1.24 bits per heavy atom. The van der Waals surface area contributed by atoms with Crippen LogP contribution in [0.25, 0.3) is 10.9 Å². The maximum absolute atomic E-state index is 2.48. The number of hydrogen-bond acceptors (Lipinski definition) is 0. The first-order valence-corrected chi connectivity index (χ1v) is 8.27. The molecule has 0 amide bonds. The van der Waals surface area contributed by atoms with Crippen LogP contribution in [-0.4, -0.2) is 4.57 Å². The van der Waals surface area contributed by atoms with Crippen LogP contribution in [0.4, 0.5) is 0 Å². The molecule has 0 aliphatic rings. The van der Waals surface area contributed by atoms with Crippen molar-refractivity contribution in [3.63, 3.8) is 0 Å². The zero-order valence-corrected chi connectivity index (χ0v) is 15.4. The second-order valence-electron chi connectivity index (χ2n) is 7.02. The van der Waals surface area contributed by atoms with Crippen LogP contribution in [0.2, 0.25) is 0 Å². The molecule has 0 unspecified atom stereocenters. The van der Waals surface area contributed by atoms with Crippen molar-refractivity contribution in [2.45, 2.75) is 73.6 Å². The van der Waals surface area contributed by atoms with Crippen molar-refractivity contribution in [1.29, 1.82) is 0 Å². The second kappa shape index (κ2) is 5.19. The first-order chi connectivity index (χ1) is 9.71. The van der Waals surface area contributed by atoms with Crippen LogP contribution in [0.3, 0.4) is 0 Å². The molecule has 21 heavy (non-hydrogen) atoms. The fourth-order valence-electron chi connectivity index (χ4n) is 4.10. The highest BCUT2D eigenvalue weighted by Gasteiger charge is 2.30. The monoisotopic (exact) mass is 285 g/mol. The average Bonchev–Trinajstić information content (AvgIpc) is 2.74. The molecule has 0 N–H and O–H groups in total. The summed E-state index contributed by atoms with van der Waals surface area (Å²) in [5.74, 6) is 0. The summed E-state index contributed by atoms with van der Waals surface area (Å²) >= 11 is 0. The van der Waals surface area contributed by atoms with Crippen molar-refractivity contribution >= 4 is 10.9 Å². The number of rotatable bonds is 3. The van der Waals surface area contributed by atoms with Crippen LogP contribution < -0.4 is 0 Å². The largest absolute Gasteiger partial charge is 0.347 e. The Balaban J connectivity index is 3.03. The van der Waals surface area contributed by atoms with Gasteiger partial charge in [-0.15, -0.1) is 0 Å². The lowest BCUT2D eigenvalue weighted by Gasteiger charge is -2.29. The van der Waals surface area contributed by atoms with Crippen LogP contribution in [0.1, 0.15) is 67.1 Å². The molecule has 0 atom stereocenters. The molecule has 0 aliphatic carbocycles. The third-order valence-electron chi connectivity index (χ3n) is 6.19. The molecule has 116 valence electrons. The van der Waals surface area contributed by atoms with Gasteiger partial charge in [0.2, 0.25) is 0 Å². The molecule has 1 aromatic heterocycles. The molecule has 0 radical (unpaired) electrons. The van der Waals surface area contributed by atoms with E-state index in [0.29, 0.717) is 0 Å². The summed E-state index contributed by atoms with van der Waals surface area (Å²) in [7, 11) is 2.26. The van der Waals surface area contributed by atoms with Crippen molar-refractivity contribution < 1.29 is 0 Å². The maximum atomic E-state index is 2.48.